The summed E-state index contributed by atoms with van der Waals surface area (Å²) in [4.78, 5) is 3.61. The number of rotatable bonds is 5. The summed E-state index contributed by atoms with van der Waals surface area (Å²) in [5, 5.41) is 2.64. The lowest BCUT2D eigenvalue weighted by atomic mass is 10.4. The number of methoxy groups -OCH3 is 1. The van der Waals surface area contributed by atoms with Crippen LogP contribution in [0.5, 0.6) is 0 Å². The Morgan fingerprint density at radius 1 is 1.40 bits per heavy atom. The first-order valence-electron chi connectivity index (χ1n) is 4.24. The van der Waals surface area contributed by atoms with E-state index in [-0.39, 0.29) is 11.6 Å². The molecule has 7 heteroatoms. The van der Waals surface area contributed by atoms with Crippen LogP contribution in [0, 0.1) is 11.6 Å². The fraction of sp³-hybridized carbons (Fsp3) is 0.375. The topological polar surface area (TPSA) is 72.2 Å². The highest BCUT2D eigenvalue weighted by atomic mass is 19.1. The van der Waals surface area contributed by atoms with Gasteiger partial charge in [-0.15, -0.1) is 0 Å². The summed E-state index contributed by atoms with van der Waals surface area (Å²) in [6.45, 7) is 0.764. The van der Waals surface area contributed by atoms with Crippen molar-refractivity contribution in [3.05, 3.63) is 17.7 Å². The molecule has 0 bridgehead atoms. The van der Waals surface area contributed by atoms with Gasteiger partial charge in [-0.1, -0.05) is 0 Å². The van der Waals surface area contributed by atoms with Crippen LogP contribution >= 0.6 is 0 Å². The Balaban J connectivity index is 2.78. The van der Waals surface area contributed by atoms with Gasteiger partial charge in [-0.3, -0.25) is 0 Å². The molecule has 0 aliphatic heterocycles. The number of halogens is 2. The van der Waals surface area contributed by atoms with E-state index in [2.05, 4.69) is 10.3 Å². The number of hydrogen-bond donors (Lipinski definition) is 3. The minimum Gasteiger partial charge on any atom is -0.383 e. The zero-order chi connectivity index (χ0) is 11.3. The van der Waals surface area contributed by atoms with Gasteiger partial charge >= 0.3 is 0 Å². The Hall–Kier alpha value is -1.47. The molecule has 0 aliphatic rings. The first-order chi connectivity index (χ1) is 7.19. The smallest absolute Gasteiger partial charge is 0.178 e. The molecule has 1 heterocycles. The fourth-order valence-electron chi connectivity index (χ4n) is 0.963. The molecular weight excluding hydrogens is 206 g/mol. The van der Waals surface area contributed by atoms with Crippen molar-refractivity contribution >= 4 is 11.6 Å². The predicted octanol–water partition coefficient (Wildman–Crippen LogP) is 0.704. The number of aromatic nitrogens is 1. The lowest BCUT2D eigenvalue weighted by Gasteiger charge is -2.08. The Morgan fingerprint density at radius 3 is 2.67 bits per heavy atom. The molecular formula is C8H12F2N4O. The second-order valence-corrected chi connectivity index (χ2v) is 2.71. The van der Waals surface area contributed by atoms with Gasteiger partial charge in [0.15, 0.2) is 23.3 Å². The van der Waals surface area contributed by atoms with E-state index in [1.807, 2.05) is 5.43 Å². The molecule has 0 unspecified atom stereocenters. The summed E-state index contributed by atoms with van der Waals surface area (Å²) < 4.78 is 30.8. The molecule has 5 nitrogen and oxygen atoms in total. The van der Waals surface area contributed by atoms with E-state index in [1.54, 1.807) is 0 Å². The maximum Gasteiger partial charge on any atom is 0.178 e. The number of nitrogen functional groups attached to an aromatic ring is 1. The van der Waals surface area contributed by atoms with Crippen molar-refractivity contribution in [1.82, 2.24) is 4.98 Å². The van der Waals surface area contributed by atoms with E-state index >= 15 is 0 Å². The Kier molecular flexibility index (Phi) is 4.19. The van der Waals surface area contributed by atoms with E-state index in [4.69, 9.17) is 10.6 Å². The van der Waals surface area contributed by atoms with Crippen molar-refractivity contribution in [2.45, 2.75) is 0 Å². The zero-order valence-corrected chi connectivity index (χ0v) is 8.18. The summed E-state index contributed by atoms with van der Waals surface area (Å²) in [6, 6.07) is 0.706. The second-order valence-electron chi connectivity index (χ2n) is 2.71. The van der Waals surface area contributed by atoms with Crippen molar-refractivity contribution in [2.24, 2.45) is 5.84 Å². The van der Waals surface area contributed by atoms with Gasteiger partial charge in [0.05, 0.1) is 6.61 Å². The van der Waals surface area contributed by atoms with Crippen molar-refractivity contribution < 1.29 is 13.5 Å². The Labute approximate surface area is 85.6 Å². The third-order valence-corrected chi connectivity index (χ3v) is 1.66. The highest BCUT2D eigenvalue weighted by Gasteiger charge is 2.10. The zero-order valence-electron chi connectivity index (χ0n) is 8.18. The van der Waals surface area contributed by atoms with Crippen LogP contribution in [0.1, 0.15) is 0 Å². The number of nitrogens with zero attached hydrogens (tertiary/aromatic N) is 1. The van der Waals surface area contributed by atoms with Gasteiger partial charge in [0.25, 0.3) is 0 Å². The number of hydrogen-bond acceptors (Lipinski definition) is 5. The molecule has 0 saturated heterocycles. The molecule has 1 aromatic heterocycles. The molecule has 4 N–H and O–H groups in total. The predicted molar refractivity (Wildman–Crippen MR) is 52.3 cm³/mol. The van der Waals surface area contributed by atoms with Crippen LogP contribution in [0.25, 0.3) is 0 Å². The quantitative estimate of drug-likeness (QED) is 0.385. The summed E-state index contributed by atoms with van der Waals surface area (Å²) in [5.41, 5.74) is 2.03. The van der Waals surface area contributed by atoms with Gasteiger partial charge in [-0.25, -0.2) is 19.6 Å². The third kappa shape index (κ3) is 3.00. The number of nitrogens with two attached hydrogens (primary N) is 1. The summed E-state index contributed by atoms with van der Waals surface area (Å²) >= 11 is 0. The number of hydrazine groups is 1. The van der Waals surface area contributed by atoms with Gasteiger partial charge in [-0.2, -0.15) is 0 Å². The lowest BCUT2D eigenvalue weighted by Crippen LogP contribution is -2.15. The van der Waals surface area contributed by atoms with Crippen molar-refractivity contribution in [3.63, 3.8) is 0 Å². The summed E-state index contributed by atoms with van der Waals surface area (Å²) in [7, 11) is 1.52. The van der Waals surface area contributed by atoms with Gasteiger partial charge < -0.3 is 15.5 Å². The van der Waals surface area contributed by atoms with Crippen LogP contribution in [0.3, 0.4) is 0 Å². The van der Waals surface area contributed by atoms with E-state index in [0.29, 0.717) is 19.2 Å². The first-order valence-corrected chi connectivity index (χ1v) is 4.24. The summed E-state index contributed by atoms with van der Waals surface area (Å²) in [5.74, 6) is 3.10. The Morgan fingerprint density at radius 2 is 2.07 bits per heavy atom. The van der Waals surface area contributed by atoms with Gasteiger partial charge in [0, 0.05) is 19.7 Å². The highest BCUT2D eigenvalue weighted by molar-refractivity contribution is 5.46. The van der Waals surface area contributed by atoms with E-state index in [0.717, 1.165) is 0 Å². The molecule has 84 valence electrons. The molecule has 1 rings (SSSR count). The molecule has 1 aromatic rings. The molecule has 0 aliphatic carbocycles. The van der Waals surface area contributed by atoms with Crippen LogP contribution < -0.4 is 16.6 Å². The average Bonchev–Trinajstić information content (AvgIpc) is 2.21. The molecule has 0 aromatic carbocycles. The first kappa shape index (κ1) is 11.6. The number of ether oxygens (including phenoxy) is 1. The van der Waals surface area contributed by atoms with Crippen LogP contribution in [-0.2, 0) is 4.74 Å². The SMILES string of the molecule is COCCNc1nc(NN)c(F)cc1F. The minimum atomic E-state index is -0.840. The van der Waals surface area contributed by atoms with Crippen LogP contribution in [0.15, 0.2) is 6.07 Å². The normalized spacial score (nSPS) is 10.1. The summed E-state index contributed by atoms with van der Waals surface area (Å²) in [6.07, 6.45) is 0. The van der Waals surface area contributed by atoms with E-state index < -0.39 is 11.6 Å². The molecule has 0 saturated carbocycles. The maximum atomic E-state index is 13.1. The van der Waals surface area contributed by atoms with Crippen molar-refractivity contribution in [3.8, 4) is 0 Å². The minimum absolute atomic E-state index is 0.0681. The van der Waals surface area contributed by atoms with Crippen molar-refractivity contribution in [2.75, 3.05) is 31.0 Å². The molecule has 15 heavy (non-hydrogen) atoms. The van der Waals surface area contributed by atoms with Crippen LogP contribution in [-0.4, -0.2) is 25.2 Å². The van der Waals surface area contributed by atoms with E-state index in [1.165, 1.54) is 7.11 Å². The number of pyridine rings is 1. The van der Waals surface area contributed by atoms with Gasteiger partial charge in [-0.05, 0) is 0 Å². The molecule has 0 radical (unpaired) electrons. The lowest BCUT2D eigenvalue weighted by molar-refractivity contribution is 0.210. The van der Waals surface area contributed by atoms with Crippen LogP contribution in [0.2, 0.25) is 0 Å². The van der Waals surface area contributed by atoms with E-state index in [9.17, 15) is 8.78 Å². The third-order valence-electron chi connectivity index (χ3n) is 1.66. The van der Waals surface area contributed by atoms with Crippen molar-refractivity contribution in [1.29, 1.82) is 0 Å². The Bertz CT molecular complexity index is 335. The van der Waals surface area contributed by atoms with Gasteiger partial charge in [0.2, 0.25) is 0 Å². The maximum absolute atomic E-state index is 13.1. The van der Waals surface area contributed by atoms with Gasteiger partial charge in [0.1, 0.15) is 0 Å². The highest BCUT2D eigenvalue weighted by Crippen LogP contribution is 2.17. The largest absolute Gasteiger partial charge is 0.383 e. The average molecular weight is 218 g/mol. The number of anilines is 2. The molecule has 0 amide bonds. The molecule has 0 atom stereocenters. The molecule has 0 fully saturated rings. The monoisotopic (exact) mass is 218 g/mol. The second kappa shape index (κ2) is 5.42. The fourth-order valence-corrected chi connectivity index (χ4v) is 0.963. The molecule has 0 spiro atoms. The van der Waals surface area contributed by atoms with Crippen LogP contribution in [0.4, 0.5) is 20.4 Å². The standard InChI is InChI=1S/C8H12F2N4O/c1-15-3-2-12-7-5(9)4-6(10)8(13-7)14-11/h4H,2-3,11H2,1H3,(H2,12,13,14). The number of nitrogens with one attached hydrogen (secondary N) is 2.